The summed E-state index contributed by atoms with van der Waals surface area (Å²) in [6.45, 7) is 0. The van der Waals surface area contributed by atoms with Crippen molar-refractivity contribution in [3.63, 3.8) is 0 Å². The summed E-state index contributed by atoms with van der Waals surface area (Å²) in [5.41, 5.74) is 1.19. The molecule has 80 valence electrons. The van der Waals surface area contributed by atoms with Crippen LogP contribution in [0.15, 0.2) is 30.3 Å². The van der Waals surface area contributed by atoms with Crippen LogP contribution < -0.4 is 0 Å². The zero-order chi connectivity index (χ0) is 10.9. The summed E-state index contributed by atoms with van der Waals surface area (Å²) in [5.74, 6) is 0. The smallest absolute Gasteiger partial charge is 0.166 e. The Morgan fingerprint density at radius 2 is 1.93 bits per heavy atom. The van der Waals surface area contributed by atoms with Crippen molar-refractivity contribution < 1.29 is 13.2 Å². The van der Waals surface area contributed by atoms with Gasteiger partial charge in [-0.3, -0.25) is 0 Å². The fraction of sp³-hybridized carbons (Fsp3) is 0.333. The van der Waals surface area contributed by atoms with Crippen LogP contribution in [0.25, 0.3) is 5.57 Å². The van der Waals surface area contributed by atoms with Crippen LogP contribution in [0.1, 0.15) is 30.4 Å². The highest BCUT2D eigenvalue weighted by Gasteiger charge is 2.30. The molecule has 0 aliphatic heterocycles. The van der Waals surface area contributed by atoms with Crippen LogP contribution in [-0.4, -0.2) is 0 Å². The van der Waals surface area contributed by atoms with Crippen molar-refractivity contribution in [3.05, 3.63) is 41.5 Å². The predicted molar refractivity (Wildman–Crippen MR) is 53.3 cm³/mol. The molecule has 0 spiro atoms. The maximum absolute atomic E-state index is 12.4. The second kappa shape index (κ2) is 3.72. The van der Waals surface area contributed by atoms with Crippen LogP contribution in [0, 0.1) is 0 Å². The van der Waals surface area contributed by atoms with Gasteiger partial charge in [0.1, 0.15) is 0 Å². The van der Waals surface area contributed by atoms with Crippen LogP contribution in [0.5, 0.6) is 0 Å². The van der Waals surface area contributed by atoms with Crippen LogP contribution in [0.2, 0.25) is 0 Å². The molecule has 0 aromatic heterocycles. The fourth-order valence-corrected chi connectivity index (χ4v) is 1.83. The highest BCUT2D eigenvalue weighted by atomic mass is 19.4. The number of hydrogen-bond acceptors (Lipinski definition) is 0. The zero-order valence-electron chi connectivity index (χ0n) is 8.14. The van der Waals surface area contributed by atoms with Gasteiger partial charge in [0.05, 0.1) is 5.56 Å². The van der Waals surface area contributed by atoms with E-state index in [-0.39, 0.29) is 0 Å². The Morgan fingerprint density at radius 1 is 1.13 bits per heavy atom. The molecule has 0 nitrogen and oxygen atoms in total. The molecule has 0 heterocycles. The van der Waals surface area contributed by atoms with E-state index in [1.807, 2.05) is 6.08 Å². The summed E-state index contributed by atoms with van der Waals surface area (Å²) >= 11 is 0. The average Bonchev–Trinajstić information content (AvgIpc) is 2.69. The van der Waals surface area contributed by atoms with Crippen molar-refractivity contribution in [2.24, 2.45) is 0 Å². The number of rotatable bonds is 1. The predicted octanol–water partition coefficient (Wildman–Crippen LogP) is 4.27. The van der Waals surface area contributed by atoms with E-state index in [0.717, 1.165) is 30.9 Å². The van der Waals surface area contributed by atoms with Crippen molar-refractivity contribution in [2.75, 3.05) is 0 Å². The van der Waals surface area contributed by atoms with Crippen molar-refractivity contribution in [2.45, 2.75) is 25.4 Å². The molecule has 15 heavy (non-hydrogen) atoms. The standard InChI is InChI=1S/C12H11F3/c13-12(14,15)11-7-3-6-10(8-11)9-4-1-2-5-9/h3-4,6-8H,1-2,5H2. The molecule has 0 saturated carbocycles. The van der Waals surface area contributed by atoms with E-state index < -0.39 is 11.7 Å². The van der Waals surface area contributed by atoms with Gasteiger partial charge < -0.3 is 0 Å². The van der Waals surface area contributed by atoms with Gasteiger partial charge in [0.25, 0.3) is 0 Å². The van der Waals surface area contributed by atoms with Gasteiger partial charge in [-0.1, -0.05) is 18.2 Å². The maximum Gasteiger partial charge on any atom is 0.416 e. The van der Waals surface area contributed by atoms with E-state index in [4.69, 9.17) is 0 Å². The summed E-state index contributed by atoms with van der Waals surface area (Å²) in [6.07, 6.45) is 0.698. The van der Waals surface area contributed by atoms with Gasteiger partial charge in [-0.25, -0.2) is 0 Å². The molecule has 0 unspecified atom stereocenters. The number of halogens is 3. The molecular weight excluding hydrogens is 201 g/mol. The van der Waals surface area contributed by atoms with Gasteiger partial charge in [-0.2, -0.15) is 13.2 Å². The van der Waals surface area contributed by atoms with Crippen molar-refractivity contribution in [1.82, 2.24) is 0 Å². The molecule has 1 aliphatic carbocycles. The normalized spacial score (nSPS) is 16.6. The van der Waals surface area contributed by atoms with E-state index >= 15 is 0 Å². The Morgan fingerprint density at radius 3 is 2.53 bits per heavy atom. The topological polar surface area (TPSA) is 0 Å². The summed E-state index contributed by atoms with van der Waals surface area (Å²) in [6, 6.07) is 5.56. The molecule has 0 atom stereocenters. The quantitative estimate of drug-likeness (QED) is 0.652. The lowest BCUT2D eigenvalue weighted by Gasteiger charge is -2.09. The summed E-state index contributed by atoms with van der Waals surface area (Å²) in [7, 11) is 0. The number of alkyl halides is 3. The highest BCUT2D eigenvalue weighted by Crippen LogP contribution is 2.33. The van der Waals surface area contributed by atoms with Crippen molar-refractivity contribution in [3.8, 4) is 0 Å². The third kappa shape index (κ3) is 2.22. The van der Waals surface area contributed by atoms with Crippen LogP contribution >= 0.6 is 0 Å². The molecule has 1 aromatic rings. The molecular formula is C12H11F3. The van der Waals surface area contributed by atoms with Gasteiger partial charge in [0.2, 0.25) is 0 Å². The van der Waals surface area contributed by atoms with E-state index in [9.17, 15) is 13.2 Å². The van der Waals surface area contributed by atoms with E-state index in [1.54, 1.807) is 6.07 Å². The first-order chi connectivity index (χ1) is 7.07. The fourth-order valence-electron chi connectivity index (χ4n) is 1.83. The number of benzene rings is 1. The van der Waals surface area contributed by atoms with E-state index in [2.05, 4.69) is 0 Å². The van der Waals surface area contributed by atoms with Gasteiger partial charge >= 0.3 is 6.18 Å². The third-order valence-electron chi connectivity index (χ3n) is 2.60. The minimum atomic E-state index is -4.24. The Balaban J connectivity index is 2.34. The molecule has 1 aromatic carbocycles. The van der Waals surface area contributed by atoms with Gasteiger partial charge in [-0.15, -0.1) is 0 Å². The van der Waals surface area contributed by atoms with Crippen molar-refractivity contribution in [1.29, 1.82) is 0 Å². The van der Waals surface area contributed by atoms with E-state index in [1.165, 1.54) is 12.1 Å². The number of allylic oxidation sites excluding steroid dienone is 2. The maximum atomic E-state index is 12.4. The molecule has 0 N–H and O–H groups in total. The van der Waals surface area contributed by atoms with Gasteiger partial charge in [-0.05, 0) is 42.5 Å². The molecule has 0 fully saturated rings. The lowest BCUT2D eigenvalue weighted by molar-refractivity contribution is -0.137. The van der Waals surface area contributed by atoms with Crippen LogP contribution in [-0.2, 0) is 6.18 Å². The molecule has 0 bridgehead atoms. The largest absolute Gasteiger partial charge is 0.416 e. The molecule has 0 amide bonds. The summed E-state index contributed by atoms with van der Waals surface area (Å²) in [4.78, 5) is 0. The van der Waals surface area contributed by atoms with E-state index in [0.29, 0.717) is 5.56 Å². The molecule has 2 rings (SSSR count). The summed E-state index contributed by atoms with van der Waals surface area (Å²) in [5, 5.41) is 0. The number of hydrogen-bond donors (Lipinski definition) is 0. The Labute approximate surface area is 86.4 Å². The van der Waals surface area contributed by atoms with Crippen LogP contribution in [0.4, 0.5) is 13.2 Å². The second-order valence-corrected chi connectivity index (χ2v) is 3.70. The monoisotopic (exact) mass is 212 g/mol. The third-order valence-corrected chi connectivity index (χ3v) is 2.60. The Kier molecular flexibility index (Phi) is 2.55. The minimum absolute atomic E-state index is 0.562. The first-order valence-corrected chi connectivity index (χ1v) is 4.94. The SMILES string of the molecule is FC(F)(F)c1cccc(C2=CCCC2)c1. The lowest BCUT2D eigenvalue weighted by atomic mass is 10.0. The highest BCUT2D eigenvalue weighted by molar-refractivity contribution is 5.67. The minimum Gasteiger partial charge on any atom is -0.166 e. The molecule has 0 radical (unpaired) electrons. The first kappa shape index (κ1) is 10.3. The zero-order valence-corrected chi connectivity index (χ0v) is 8.14. The molecule has 1 aliphatic rings. The summed E-state index contributed by atoms with van der Waals surface area (Å²) < 4.78 is 37.3. The van der Waals surface area contributed by atoms with Gasteiger partial charge in [0.15, 0.2) is 0 Å². The van der Waals surface area contributed by atoms with Crippen LogP contribution in [0.3, 0.4) is 0 Å². The van der Waals surface area contributed by atoms with Gasteiger partial charge in [0, 0.05) is 0 Å². The first-order valence-electron chi connectivity index (χ1n) is 4.94. The lowest BCUT2D eigenvalue weighted by Crippen LogP contribution is -2.04. The second-order valence-electron chi connectivity index (χ2n) is 3.70. The molecule has 0 saturated heterocycles. The Hall–Kier alpha value is -1.25. The average molecular weight is 212 g/mol. The molecule has 3 heteroatoms. The Bertz CT molecular complexity index is 388. The van der Waals surface area contributed by atoms with Crippen molar-refractivity contribution >= 4 is 5.57 Å².